The van der Waals surface area contributed by atoms with E-state index < -0.39 is 0 Å². The molecule has 1 amide bonds. The number of likely N-dealkylation sites (tertiary alicyclic amines) is 2. The number of anilines is 1. The van der Waals surface area contributed by atoms with Crippen LogP contribution < -0.4 is 19.5 Å². The van der Waals surface area contributed by atoms with Gasteiger partial charge in [-0.2, -0.15) is 0 Å². The molecule has 50 heavy (non-hydrogen) atoms. The summed E-state index contributed by atoms with van der Waals surface area (Å²) in [5.41, 5.74) is 7.81. The summed E-state index contributed by atoms with van der Waals surface area (Å²) >= 11 is 0. The highest BCUT2D eigenvalue weighted by Crippen LogP contribution is 2.42. The zero-order chi connectivity index (χ0) is 35.4. The van der Waals surface area contributed by atoms with Crippen LogP contribution in [0.4, 0.5) is 5.95 Å². The number of benzene rings is 3. The third kappa shape index (κ3) is 7.33. The van der Waals surface area contributed by atoms with Gasteiger partial charge in [-0.3, -0.25) is 4.79 Å². The second-order valence-corrected chi connectivity index (χ2v) is 14.3. The standard InChI is InChI=1S/C41H53N5O4/c1-28(2)14-21-46-35-11-9-8-10-34(35)43-40(46)42-33-15-19-44(20-16-33)22-17-41(32-13-12-29(3)30(4)24-32)18-23-45(27-41)39(47)31-25-36(48-5)38(50-7)37(26-31)49-6/h8-14,24-26,33H,15-23,27H2,1-7H3,(H,42,43). The third-order valence-electron chi connectivity index (χ3n) is 10.8. The summed E-state index contributed by atoms with van der Waals surface area (Å²) in [6.07, 6.45) is 6.30. The summed E-state index contributed by atoms with van der Waals surface area (Å²) in [5, 5.41) is 3.81. The van der Waals surface area contributed by atoms with Crippen molar-refractivity contribution in [3.8, 4) is 17.2 Å². The number of ether oxygens (including phenoxy) is 3. The van der Waals surface area contributed by atoms with Crippen molar-refractivity contribution in [2.24, 2.45) is 0 Å². The molecule has 1 aromatic heterocycles. The van der Waals surface area contributed by atoms with Gasteiger partial charge in [0, 0.05) is 49.7 Å². The molecule has 9 heteroatoms. The van der Waals surface area contributed by atoms with Crippen LogP contribution in [0.1, 0.15) is 66.6 Å². The number of rotatable bonds is 12. The molecule has 1 unspecified atom stereocenters. The molecule has 3 heterocycles. The quantitative estimate of drug-likeness (QED) is 0.156. The van der Waals surface area contributed by atoms with E-state index in [0.717, 1.165) is 68.8 Å². The second kappa shape index (κ2) is 15.2. The number of aryl methyl sites for hydroxylation is 2. The highest BCUT2D eigenvalue weighted by atomic mass is 16.5. The lowest BCUT2D eigenvalue weighted by atomic mass is 9.75. The molecule has 1 N–H and O–H groups in total. The molecule has 0 saturated carbocycles. The Balaban J connectivity index is 1.15. The maximum atomic E-state index is 14.0. The topological polar surface area (TPSA) is 81.1 Å². The molecular weight excluding hydrogens is 626 g/mol. The first-order valence-electron chi connectivity index (χ1n) is 17.9. The van der Waals surface area contributed by atoms with Crippen LogP contribution in [0.3, 0.4) is 0 Å². The largest absolute Gasteiger partial charge is 0.493 e. The number of hydrogen-bond donors (Lipinski definition) is 1. The van der Waals surface area contributed by atoms with Crippen LogP contribution in [0.15, 0.2) is 66.2 Å². The number of imidazole rings is 1. The average Bonchev–Trinajstić information content (AvgIpc) is 3.72. The van der Waals surface area contributed by atoms with E-state index in [2.05, 4.69) is 91.0 Å². The van der Waals surface area contributed by atoms with Gasteiger partial charge >= 0.3 is 0 Å². The molecule has 9 nitrogen and oxygen atoms in total. The molecule has 1 atom stereocenters. The first kappa shape index (κ1) is 35.3. The monoisotopic (exact) mass is 679 g/mol. The number of aromatic nitrogens is 2. The Hall–Kier alpha value is -4.50. The van der Waals surface area contributed by atoms with Gasteiger partial charge in [0.15, 0.2) is 11.5 Å². The van der Waals surface area contributed by atoms with Crippen molar-refractivity contribution in [3.05, 3.63) is 88.5 Å². The van der Waals surface area contributed by atoms with Crippen LogP contribution in [0.25, 0.3) is 11.0 Å². The normalized spacial score (nSPS) is 18.3. The van der Waals surface area contributed by atoms with Gasteiger partial charge in [-0.25, -0.2) is 4.98 Å². The molecule has 0 aliphatic carbocycles. The van der Waals surface area contributed by atoms with Crippen LogP contribution >= 0.6 is 0 Å². The number of allylic oxidation sites excluding steroid dienone is 2. The van der Waals surface area contributed by atoms with Crippen LogP contribution in [-0.2, 0) is 12.0 Å². The Labute approximate surface area is 297 Å². The van der Waals surface area contributed by atoms with Crippen LogP contribution in [0, 0.1) is 13.8 Å². The lowest BCUT2D eigenvalue weighted by molar-refractivity contribution is 0.0779. The van der Waals surface area contributed by atoms with E-state index >= 15 is 0 Å². The zero-order valence-electron chi connectivity index (χ0n) is 30.8. The van der Waals surface area contributed by atoms with Gasteiger partial charge in [0.2, 0.25) is 11.7 Å². The van der Waals surface area contributed by atoms with Crippen molar-refractivity contribution in [2.75, 3.05) is 59.4 Å². The van der Waals surface area contributed by atoms with Crippen LogP contribution in [0.5, 0.6) is 17.2 Å². The maximum Gasteiger partial charge on any atom is 0.254 e. The molecular formula is C41H53N5O4. The van der Waals surface area contributed by atoms with Gasteiger partial charge in [0.25, 0.3) is 5.91 Å². The number of nitrogens with one attached hydrogen (secondary N) is 1. The number of piperidine rings is 1. The van der Waals surface area contributed by atoms with Crippen molar-refractivity contribution < 1.29 is 19.0 Å². The Morgan fingerprint density at radius 3 is 2.32 bits per heavy atom. The fourth-order valence-electron chi connectivity index (χ4n) is 7.59. The van der Waals surface area contributed by atoms with Crippen molar-refractivity contribution in [2.45, 2.75) is 71.4 Å². The maximum absolute atomic E-state index is 14.0. The number of carbonyl (C=O) groups is 1. The van der Waals surface area contributed by atoms with Crippen LogP contribution in [-0.4, -0.2) is 85.4 Å². The molecule has 2 aliphatic heterocycles. The Kier molecular flexibility index (Phi) is 10.7. The molecule has 266 valence electrons. The summed E-state index contributed by atoms with van der Waals surface area (Å²) in [5.74, 6) is 2.39. The molecule has 2 aliphatic rings. The highest BCUT2D eigenvalue weighted by Gasteiger charge is 2.42. The fourth-order valence-corrected chi connectivity index (χ4v) is 7.59. The van der Waals surface area contributed by atoms with Gasteiger partial charge in [0.05, 0.1) is 32.4 Å². The Morgan fingerprint density at radius 2 is 1.66 bits per heavy atom. The summed E-state index contributed by atoms with van der Waals surface area (Å²) in [6.45, 7) is 13.9. The van der Waals surface area contributed by atoms with E-state index in [9.17, 15) is 4.79 Å². The van der Waals surface area contributed by atoms with Crippen LogP contribution in [0.2, 0.25) is 0 Å². The molecule has 4 aromatic rings. The average molecular weight is 680 g/mol. The highest BCUT2D eigenvalue weighted by molar-refractivity contribution is 5.96. The smallest absolute Gasteiger partial charge is 0.254 e. The van der Waals surface area contributed by atoms with Gasteiger partial charge in [-0.15, -0.1) is 0 Å². The van der Waals surface area contributed by atoms with E-state index in [-0.39, 0.29) is 11.3 Å². The number of methoxy groups -OCH3 is 3. The summed E-state index contributed by atoms with van der Waals surface area (Å²) in [4.78, 5) is 23.6. The minimum Gasteiger partial charge on any atom is -0.493 e. The van der Waals surface area contributed by atoms with Gasteiger partial charge in [-0.1, -0.05) is 42.0 Å². The summed E-state index contributed by atoms with van der Waals surface area (Å²) < 4.78 is 18.9. The summed E-state index contributed by atoms with van der Waals surface area (Å²) in [6, 6.07) is 19.1. The van der Waals surface area contributed by atoms with Crippen molar-refractivity contribution in [1.29, 1.82) is 0 Å². The second-order valence-electron chi connectivity index (χ2n) is 14.3. The van der Waals surface area contributed by atoms with Crippen molar-refractivity contribution >= 4 is 22.9 Å². The molecule has 2 saturated heterocycles. The van der Waals surface area contributed by atoms with E-state index in [4.69, 9.17) is 19.2 Å². The predicted molar refractivity (Wildman–Crippen MR) is 201 cm³/mol. The molecule has 2 fully saturated rings. The Morgan fingerprint density at radius 1 is 0.940 bits per heavy atom. The van der Waals surface area contributed by atoms with E-state index in [1.165, 1.54) is 22.3 Å². The summed E-state index contributed by atoms with van der Waals surface area (Å²) in [7, 11) is 4.73. The lowest BCUT2D eigenvalue weighted by Gasteiger charge is -2.36. The third-order valence-corrected chi connectivity index (χ3v) is 10.8. The SMILES string of the molecule is COc1cc(C(=O)N2CCC(CCN3CCC(Nc4nc5ccccc5n4CC=C(C)C)CC3)(c3ccc(C)c(C)c3)C2)cc(OC)c1OC. The molecule has 6 rings (SSSR count). The molecule has 3 aromatic carbocycles. The Bertz CT molecular complexity index is 1830. The number of fused-ring (bicyclic) bond motifs is 1. The minimum atomic E-state index is -0.125. The van der Waals surface area contributed by atoms with E-state index in [0.29, 0.717) is 41.9 Å². The predicted octanol–water partition coefficient (Wildman–Crippen LogP) is 7.40. The number of carbonyl (C=O) groups excluding carboxylic acids is 1. The minimum absolute atomic E-state index is 0.0162. The molecule has 0 bridgehead atoms. The first-order valence-corrected chi connectivity index (χ1v) is 17.9. The first-order chi connectivity index (χ1) is 24.1. The van der Waals surface area contributed by atoms with Crippen molar-refractivity contribution in [1.82, 2.24) is 19.4 Å². The fraction of sp³-hybridized carbons (Fsp3) is 0.463. The number of amides is 1. The van der Waals surface area contributed by atoms with Crippen molar-refractivity contribution in [3.63, 3.8) is 0 Å². The molecule has 0 spiro atoms. The van der Waals surface area contributed by atoms with Gasteiger partial charge in [-0.05, 0) is 101 Å². The number of hydrogen-bond acceptors (Lipinski definition) is 7. The molecule has 0 radical (unpaired) electrons. The van der Waals surface area contributed by atoms with Gasteiger partial charge < -0.3 is 33.9 Å². The number of para-hydroxylation sites is 2. The van der Waals surface area contributed by atoms with E-state index in [1.807, 2.05) is 4.90 Å². The van der Waals surface area contributed by atoms with Gasteiger partial charge in [0.1, 0.15) is 0 Å². The number of nitrogens with zero attached hydrogens (tertiary/aromatic N) is 4. The zero-order valence-corrected chi connectivity index (χ0v) is 30.8. The van der Waals surface area contributed by atoms with E-state index in [1.54, 1.807) is 33.5 Å². The lowest BCUT2D eigenvalue weighted by Crippen LogP contribution is -2.42.